The summed E-state index contributed by atoms with van der Waals surface area (Å²) >= 11 is 7.81. The van der Waals surface area contributed by atoms with E-state index in [0.717, 1.165) is 17.2 Å². The Morgan fingerprint density at radius 1 is 0.955 bits per heavy atom. The van der Waals surface area contributed by atoms with Gasteiger partial charge in [0.1, 0.15) is 0 Å². The van der Waals surface area contributed by atoms with E-state index >= 15 is 0 Å². The molecule has 0 spiro atoms. The first-order valence-electron chi connectivity index (χ1n) is 7.30. The molecule has 0 saturated carbocycles. The van der Waals surface area contributed by atoms with Crippen molar-refractivity contribution in [2.45, 2.75) is 24.0 Å². The van der Waals surface area contributed by atoms with Gasteiger partial charge in [-0.3, -0.25) is 0 Å². The monoisotopic (exact) mass is 327 g/mol. The van der Waals surface area contributed by atoms with E-state index in [4.69, 9.17) is 11.6 Å². The first-order chi connectivity index (χ1) is 10.7. The van der Waals surface area contributed by atoms with E-state index in [1.165, 1.54) is 27.3 Å². The molecule has 1 nitrogen and oxygen atoms in total. The van der Waals surface area contributed by atoms with Gasteiger partial charge in [0.2, 0.25) is 0 Å². The largest absolute Gasteiger partial charge is 0.364 e. The first kappa shape index (κ1) is 15.3. The third kappa shape index (κ3) is 3.96. The third-order valence-corrected chi connectivity index (χ3v) is 4.93. The van der Waals surface area contributed by atoms with Crippen LogP contribution in [-0.4, -0.2) is 4.98 Å². The number of aryl methyl sites for hydroxylation is 1. The summed E-state index contributed by atoms with van der Waals surface area (Å²) in [5, 5.41) is 0.785. The van der Waals surface area contributed by atoms with Gasteiger partial charge in [-0.15, -0.1) is 11.8 Å². The van der Waals surface area contributed by atoms with Gasteiger partial charge in [-0.1, -0.05) is 41.4 Å². The Balaban J connectivity index is 1.66. The fourth-order valence-electron chi connectivity index (χ4n) is 2.35. The summed E-state index contributed by atoms with van der Waals surface area (Å²) in [6, 6.07) is 18.9. The van der Waals surface area contributed by atoms with Crippen LogP contribution in [0.3, 0.4) is 0 Å². The Morgan fingerprint density at radius 2 is 1.68 bits per heavy atom. The fourth-order valence-corrected chi connectivity index (χ4v) is 3.38. The summed E-state index contributed by atoms with van der Waals surface area (Å²) in [6.07, 6.45) is 2.96. The van der Waals surface area contributed by atoms with Gasteiger partial charge >= 0.3 is 0 Å². The van der Waals surface area contributed by atoms with Crippen LogP contribution >= 0.6 is 23.4 Å². The standard InChI is InChI=1S/C19H18ClNS/c1-14-2-8-18(9-3-14)22-13-19-16(10-11-21-19)12-15-4-6-17(20)7-5-15/h2-11,21H,12-13H2,1H3. The van der Waals surface area contributed by atoms with Crippen molar-refractivity contribution in [2.75, 3.05) is 0 Å². The van der Waals surface area contributed by atoms with E-state index in [1.54, 1.807) is 0 Å². The molecular formula is C19H18ClNS. The van der Waals surface area contributed by atoms with Gasteiger partial charge in [0.05, 0.1) is 0 Å². The molecule has 0 bridgehead atoms. The minimum absolute atomic E-state index is 0.785. The SMILES string of the molecule is Cc1ccc(SCc2[nH]ccc2Cc2ccc(Cl)cc2)cc1. The molecule has 0 fully saturated rings. The zero-order valence-corrected chi connectivity index (χ0v) is 14.0. The lowest BCUT2D eigenvalue weighted by Gasteiger charge is -2.06. The minimum atomic E-state index is 0.785. The fraction of sp³-hybridized carbons (Fsp3) is 0.158. The molecule has 3 aromatic rings. The van der Waals surface area contributed by atoms with E-state index in [-0.39, 0.29) is 0 Å². The van der Waals surface area contributed by atoms with Crippen molar-refractivity contribution in [2.24, 2.45) is 0 Å². The molecule has 1 aromatic heterocycles. The Bertz CT molecular complexity index is 729. The van der Waals surface area contributed by atoms with Crippen LogP contribution in [0.1, 0.15) is 22.4 Å². The van der Waals surface area contributed by atoms with Crippen molar-refractivity contribution in [1.82, 2.24) is 4.98 Å². The van der Waals surface area contributed by atoms with Crippen LogP contribution in [-0.2, 0) is 12.2 Å². The zero-order valence-electron chi connectivity index (χ0n) is 12.5. The average Bonchev–Trinajstić information content (AvgIpc) is 2.96. The van der Waals surface area contributed by atoms with Crippen LogP contribution < -0.4 is 0 Å². The predicted molar refractivity (Wildman–Crippen MR) is 95.8 cm³/mol. The van der Waals surface area contributed by atoms with Crippen LogP contribution in [0.5, 0.6) is 0 Å². The molecule has 3 heteroatoms. The summed E-state index contributed by atoms with van der Waals surface area (Å²) in [5.41, 5.74) is 5.22. The van der Waals surface area contributed by atoms with Crippen molar-refractivity contribution in [3.05, 3.63) is 88.2 Å². The quantitative estimate of drug-likeness (QED) is 0.580. The summed E-state index contributed by atoms with van der Waals surface area (Å²) in [7, 11) is 0. The van der Waals surface area contributed by atoms with E-state index in [1.807, 2.05) is 30.1 Å². The Hall–Kier alpha value is -1.64. The number of aromatic nitrogens is 1. The van der Waals surface area contributed by atoms with Crippen LogP contribution in [0.15, 0.2) is 65.7 Å². The first-order valence-corrected chi connectivity index (χ1v) is 8.66. The number of nitrogens with one attached hydrogen (secondary N) is 1. The van der Waals surface area contributed by atoms with Gasteiger partial charge in [0, 0.05) is 27.6 Å². The smallest absolute Gasteiger partial charge is 0.0406 e. The van der Waals surface area contributed by atoms with Gasteiger partial charge in [0.15, 0.2) is 0 Å². The highest BCUT2D eigenvalue weighted by molar-refractivity contribution is 7.98. The molecule has 1 N–H and O–H groups in total. The number of H-pyrrole nitrogens is 1. The average molecular weight is 328 g/mol. The molecule has 3 rings (SSSR count). The molecule has 0 aliphatic carbocycles. The number of halogens is 1. The van der Waals surface area contributed by atoms with E-state index in [2.05, 4.69) is 54.4 Å². The van der Waals surface area contributed by atoms with Crippen LogP contribution in [0, 0.1) is 6.92 Å². The lowest BCUT2D eigenvalue weighted by atomic mass is 10.1. The molecule has 0 aliphatic heterocycles. The molecule has 0 atom stereocenters. The van der Waals surface area contributed by atoms with E-state index < -0.39 is 0 Å². The molecule has 0 radical (unpaired) electrons. The van der Waals surface area contributed by atoms with Gasteiger partial charge in [-0.05, 0) is 54.8 Å². The highest BCUT2D eigenvalue weighted by Gasteiger charge is 2.06. The third-order valence-electron chi connectivity index (χ3n) is 3.64. The summed E-state index contributed by atoms with van der Waals surface area (Å²) in [5.74, 6) is 0.957. The summed E-state index contributed by atoms with van der Waals surface area (Å²) < 4.78 is 0. The molecule has 0 saturated heterocycles. The Kier molecular flexibility index (Phi) is 4.91. The minimum Gasteiger partial charge on any atom is -0.364 e. The van der Waals surface area contributed by atoms with Crippen molar-refractivity contribution >= 4 is 23.4 Å². The lowest BCUT2D eigenvalue weighted by Crippen LogP contribution is -1.92. The maximum absolute atomic E-state index is 5.94. The predicted octanol–water partition coefficient (Wildman–Crippen LogP) is 5.86. The van der Waals surface area contributed by atoms with Crippen molar-refractivity contribution in [3.8, 4) is 0 Å². The number of hydrogen-bond acceptors (Lipinski definition) is 1. The van der Waals surface area contributed by atoms with Gasteiger partial charge in [0.25, 0.3) is 0 Å². The highest BCUT2D eigenvalue weighted by atomic mass is 35.5. The van der Waals surface area contributed by atoms with Crippen LogP contribution in [0.4, 0.5) is 0 Å². The number of thioether (sulfide) groups is 1. The molecular weight excluding hydrogens is 310 g/mol. The zero-order chi connectivity index (χ0) is 15.4. The van der Waals surface area contributed by atoms with Crippen molar-refractivity contribution in [1.29, 1.82) is 0 Å². The number of aromatic amines is 1. The van der Waals surface area contributed by atoms with E-state index in [9.17, 15) is 0 Å². The molecule has 0 amide bonds. The van der Waals surface area contributed by atoms with Crippen LogP contribution in [0.2, 0.25) is 5.02 Å². The maximum atomic E-state index is 5.94. The molecule has 2 aromatic carbocycles. The second kappa shape index (κ2) is 7.08. The summed E-state index contributed by atoms with van der Waals surface area (Å²) in [4.78, 5) is 4.68. The maximum Gasteiger partial charge on any atom is 0.0406 e. The molecule has 0 unspecified atom stereocenters. The topological polar surface area (TPSA) is 15.8 Å². The highest BCUT2D eigenvalue weighted by Crippen LogP contribution is 2.25. The number of hydrogen-bond donors (Lipinski definition) is 1. The van der Waals surface area contributed by atoms with Gasteiger partial charge in [-0.25, -0.2) is 0 Å². The van der Waals surface area contributed by atoms with Gasteiger partial charge < -0.3 is 4.98 Å². The van der Waals surface area contributed by atoms with E-state index in [0.29, 0.717) is 0 Å². The Labute approximate surface area is 140 Å². The molecule has 1 heterocycles. The molecule has 22 heavy (non-hydrogen) atoms. The molecule has 112 valence electrons. The number of benzene rings is 2. The normalized spacial score (nSPS) is 10.8. The lowest BCUT2D eigenvalue weighted by molar-refractivity contribution is 1.12. The molecule has 0 aliphatic rings. The van der Waals surface area contributed by atoms with Crippen molar-refractivity contribution < 1.29 is 0 Å². The van der Waals surface area contributed by atoms with Crippen molar-refractivity contribution in [3.63, 3.8) is 0 Å². The second-order valence-corrected chi connectivity index (χ2v) is 6.87. The Morgan fingerprint density at radius 3 is 2.41 bits per heavy atom. The second-order valence-electron chi connectivity index (χ2n) is 5.39. The number of rotatable bonds is 5. The van der Waals surface area contributed by atoms with Crippen LogP contribution in [0.25, 0.3) is 0 Å². The van der Waals surface area contributed by atoms with Gasteiger partial charge in [-0.2, -0.15) is 0 Å². The summed E-state index contributed by atoms with van der Waals surface area (Å²) in [6.45, 7) is 2.11.